The zero-order valence-electron chi connectivity index (χ0n) is 9.14. The van der Waals surface area contributed by atoms with Crippen LogP contribution in [0.4, 0.5) is 0 Å². The summed E-state index contributed by atoms with van der Waals surface area (Å²) in [7, 11) is -1.73. The maximum atomic E-state index is 11.0. The molecule has 5 nitrogen and oxygen atoms in total. The van der Waals surface area contributed by atoms with Crippen molar-refractivity contribution in [1.29, 1.82) is 0 Å². The smallest absolute Gasteiger partial charge is 0.388 e. The molecule has 0 saturated heterocycles. The summed E-state index contributed by atoms with van der Waals surface area (Å²) in [6, 6.07) is 7.04. The number of hydrogen-bond acceptors (Lipinski definition) is 4. The Labute approximate surface area is 97.1 Å². The van der Waals surface area contributed by atoms with Gasteiger partial charge in [0, 0.05) is 20.3 Å². The molecule has 89 valence electrons. The molecule has 7 heteroatoms. The van der Waals surface area contributed by atoms with Crippen LogP contribution in [0.15, 0.2) is 29.2 Å². The fourth-order valence-electron chi connectivity index (χ4n) is 1.19. The van der Waals surface area contributed by atoms with Gasteiger partial charge in [-0.2, -0.15) is 0 Å². The highest BCUT2D eigenvalue weighted by Gasteiger charge is 2.13. The first-order chi connectivity index (χ1) is 7.47. The minimum absolute atomic E-state index is 0.111. The molecule has 0 heterocycles. The van der Waals surface area contributed by atoms with Crippen molar-refractivity contribution in [2.75, 3.05) is 14.2 Å². The van der Waals surface area contributed by atoms with Crippen LogP contribution in [0.1, 0.15) is 5.56 Å². The second-order valence-electron chi connectivity index (χ2n) is 3.15. The van der Waals surface area contributed by atoms with Crippen LogP contribution in [0, 0.1) is 0 Å². The Balaban J connectivity index is 2.80. The first-order valence-corrected chi connectivity index (χ1v) is 7.60. The SMILES string of the molecule is CO[Si](Cc1ccc(S(N)(=O)=O)cc1)OC. The van der Waals surface area contributed by atoms with Gasteiger partial charge in [0.1, 0.15) is 0 Å². The van der Waals surface area contributed by atoms with Gasteiger partial charge in [0.05, 0.1) is 4.90 Å². The molecule has 0 bridgehead atoms. The lowest BCUT2D eigenvalue weighted by Gasteiger charge is -2.09. The van der Waals surface area contributed by atoms with Crippen molar-refractivity contribution in [3.8, 4) is 0 Å². The molecule has 0 atom stereocenters. The number of hydrogen-bond donors (Lipinski definition) is 1. The van der Waals surface area contributed by atoms with E-state index in [0.717, 1.165) is 5.56 Å². The van der Waals surface area contributed by atoms with Crippen molar-refractivity contribution < 1.29 is 17.3 Å². The zero-order valence-corrected chi connectivity index (χ0v) is 11.0. The molecule has 1 radical (unpaired) electrons. The Kier molecular flexibility index (Phi) is 4.63. The van der Waals surface area contributed by atoms with E-state index in [-0.39, 0.29) is 4.90 Å². The van der Waals surface area contributed by atoms with Crippen molar-refractivity contribution in [3.05, 3.63) is 29.8 Å². The van der Waals surface area contributed by atoms with Gasteiger partial charge in [0.25, 0.3) is 0 Å². The van der Waals surface area contributed by atoms with Crippen LogP contribution >= 0.6 is 0 Å². The summed E-state index contributed by atoms with van der Waals surface area (Å²) in [5.74, 6) is 0. The van der Waals surface area contributed by atoms with Gasteiger partial charge in [-0.3, -0.25) is 0 Å². The standard InChI is InChI=1S/C9H14NO4SSi/c1-13-16(14-2)7-8-3-5-9(6-4-8)15(10,11)12/h3-6H,7H2,1-2H3,(H2,10,11,12). The lowest BCUT2D eigenvalue weighted by atomic mass is 10.2. The van der Waals surface area contributed by atoms with Crippen molar-refractivity contribution in [2.24, 2.45) is 5.14 Å². The molecule has 2 N–H and O–H groups in total. The first-order valence-electron chi connectivity index (χ1n) is 4.53. The fourth-order valence-corrected chi connectivity index (χ4v) is 2.73. The average molecular weight is 260 g/mol. The lowest BCUT2D eigenvalue weighted by molar-refractivity contribution is 0.277. The quantitative estimate of drug-likeness (QED) is 0.767. The third-order valence-electron chi connectivity index (χ3n) is 2.06. The van der Waals surface area contributed by atoms with Gasteiger partial charge in [-0.05, 0) is 17.7 Å². The summed E-state index contributed by atoms with van der Waals surface area (Å²) in [5, 5.41) is 4.99. The summed E-state index contributed by atoms with van der Waals surface area (Å²) in [6.07, 6.45) is 0. The Hall–Kier alpha value is -0.733. The van der Waals surface area contributed by atoms with Gasteiger partial charge in [-0.15, -0.1) is 0 Å². The van der Waals surface area contributed by atoms with E-state index in [4.69, 9.17) is 14.0 Å². The van der Waals surface area contributed by atoms with Crippen molar-refractivity contribution >= 4 is 19.3 Å². The zero-order chi connectivity index (χ0) is 12.2. The van der Waals surface area contributed by atoms with E-state index in [1.807, 2.05) is 0 Å². The molecule has 0 aliphatic carbocycles. The van der Waals surface area contributed by atoms with E-state index >= 15 is 0 Å². The third kappa shape index (κ3) is 3.69. The summed E-state index contributed by atoms with van der Waals surface area (Å²) in [6.45, 7) is 0. The number of sulfonamides is 1. The topological polar surface area (TPSA) is 78.6 Å². The molecule has 0 saturated carbocycles. The maximum absolute atomic E-state index is 11.0. The predicted octanol–water partition coefficient (Wildman–Crippen LogP) is 0.197. The van der Waals surface area contributed by atoms with Crippen molar-refractivity contribution in [2.45, 2.75) is 10.9 Å². The van der Waals surface area contributed by atoms with E-state index in [1.165, 1.54) is 12.1 Å². The van der Waals surface area contributed by atoms with E-state index in [9.17, 15) is 8.42 Å². The summed E-state index contributed by atoms with van der Waals surface area (Å²) < 4.78 is 32.3. The summed E-state index contributed by atoms with van der Waals surface area (Å²) in [4.78, 5) is 0.111. The van der Waals surface area contributed by atoms with Crippen LogP contribution in [-0.2, 0) is 24.9 Å². The maximum Gasteiger partial charge on any atom is 0.388 e. The van der Waals surface area contributed by atoms with Gasteiger partial charge in [0.15, 0.2) is 0 Å². The third-order valence-corrected chi connectivity index (χ3v) is 4.59. The summed E-state index contributed by atoms with van der Waals surface area (Å²) >= 11 is 0. The van der Waals surface area contributed by atoms with Crippen molar-refractivity contribution in [3.63, 3.8) is 0 Å². The molecule has 1 rings (SSSR count). The van der Waals surface area contributed by atoms with E-state index in [2.05, 4.69) is 0 Å². The number of primary sulfonamides is 1. The van der Waals surface area contributed by atoms with Gasteiger partial charge in [0.2, 0.25) is 10.0 Å². The molecular formula is C9H14NO4SSi. The van der Waals surface area contributed by atoms with Crippen LogP contribution in [0.5, 0.6) is 0 Å². The molecule has 1 aromatic carbocycles. The molecule has 0 unspecified atom stereocenters. The van der Waals surface area contributed by atoms with E-state index in [0.29, 0.717) is 6.04 Å². The van der Waals surface area contributed by atoms with Crippen LogP contribution in [0.3, 0.4) is 0 Å². The van der Waals surface area contributed by atoms with Crippen LogP contribution in [-0.4, -0.2) is 31.9 Å². The Bertz CT molecular complexity index is 427. The second-order valence-corrected chi connectivity index (χ2v) is 6.62. The largest absolute Gasteiger partial charge is 0.397 e. The first kappa shape index (κ1) is 13.3. The van der Waals surface area contributed by atoms with Crippen molar-refractivity contribution in [1.82, 2.24) is 0 Å². The predicted molar refractivity (Wildman–Crippen MR) is 61.3 cm³/mol. The fraction of sp³-hybridized carbons (Fsp3) is 0.333. The Morgan fingerprint density at radius 3 is 2.06 bits per heavy atom. The Morgan fingerprint density at radius 2 is 1.69 bits per heavy atom. The highest BCUT2D eigenvalue weighted by Crippen LogP contribution is 2.10. The molecule has 0 aromatic heterocycles. The minimum atomic E-state index is -3.61. The molecule has 0 aliphatic rings. The van der Waals surface area contributed by atoms with E-state index in [1.54, 1.807) is 26.4 Å². The van der Waals surface area contributed by atoms with E-state index < -0.39 is 19.3 Å². The second kappa shape index (κ2) is 5.55. The minimum Gasteiger partial charge on any atom is -0.397 e. The molecule has 1 aromatic rings. The monoisotopic (exact) mass is 260 g/mol. The van der Waals surface area contributed by atoms with Crippen LogP contribution < -0.4 is 5.14 Å². The average Bonchev–Trinajstić information content (AvgIpc) is 2.25. The molecule has 0 spiro atoms. The van der Waals surface area contributed by atoms with Gasteiger partial charge >= 0.3 is 9.28 Å². The van der Waals surface area contributed by atoms with Gasteiger partial charge in [-0.1, -0.05) is 12.1 Å². The van der Waals surface area contributed by atoms with Crippen LogP contribution in [0.25, 0.3) is 0 Å². The number of benzene rings is 1. The lowest BCUT2D eigenvalue weighted by Crippen LogP contribution is -2.22. The van der Waals surface area contributed by atoms with Crippen LogP contribution in [0.2, 0.25) is 0 Å². The molecular weight excluding hydrogens is 246 g/mol. The molecule has 0 amide bonds. The summed E-state index contributed by atoms with van der Waals surface area (Å²) in [5.41, 5.74) is 0.963. The Morgan fingerprint density at radius 1 is 1.19 bits per heavy atom. The highest BCUT2D eigenvalue weighted by atomic mass is 32.2. The van der Waals surface area contributed by atoms with Gasteiger partial charge in [-0.25, -0.2) is 13.6 Å². The van der Waals surface area contributed by atoms with Gasteiger partial charge < -0.3 is 8.85 Å². The number of nitrogens with two attached hydrogens (primary N) is 1. The molecule has 0 fully saturated rings. The number of rotatable bonds is 5. The normalized spacial score (nSPS) is 12.0. The highest BCUT2D eigenvalue weighted by molar-refractivity contribution is 7.89. The molecule has 16 heavy (non-hydrogen) atoms. The molecule has 0 aliphatic heterocycles.